The minimum absolute atomic E-state index is 1.19. The van der Waals surface area contributed by atoms with Gasteiger partial charge in [-0.1, -0.05) is 182 Å². The molecule has 0 bridgehead atoms. The molecule has 9 aromatic rings. The molecule has 0 radical (unpaired) electrons. The molecule has 1 heterocycles. The van der Waals surface area contributed by atoms with Gasteiger partial charge in [0.2, 0.25) is 0 Å². The lowest BCUT2D eigenvalue weighted by molar-refractivity contribution is 1.59. The number of hydrogen-bond donors (Lipinski definition) is 0. The smallest absolute Gasteiger partial charge is 0.0349 e. The summed E-state index contributed by atoms with van der Waals surface area (Å²) >= 11 is 1.85. The van der Waals surface area contributed by atoms with E-state index in [1.807, 2.05) is 17.4 Å². The van der Waals surface area contributed by atoms with Crippen molar-refractivity contribution < 1.29 is 0 Å². The minimum Gasteiger partial charge on any atom is -0.135 e. The van der Waals surface area contributed by atoms with Crippen molar-refractivity contribution in [3.05, 3.63) is 205 Å². The van der Waals surface area contributed by atoms with Gasteiger partial charge >= 0.3 is 0 Å². The normalized spacial score (nSPS) is 11.5. The van der Waals surface area contributed by atoms with Gasteiger partial charge in [-0.25, -0.2) is 0 Å². The first-order chi connectivity index (χ1) is 25.3. The van der Waals surface area contributed by atoms with Crippen LogP contribution in [0.15, 0.2) is 194 Å². The molecule has 0 fully saturated rings. The molecule has 0 N–H and O–H groups in total. The predicted octanol–water partition coefficient (Wildman–Crippen LogP) is 14.6. The zero-order valence-corrected chi connectivity index (χ0v) is 28.9. The van der Waals surface area contributed by atoms with Gasteiger partial charge in [0, 0.05) is 9.75 Å². The van der Waals surface area contributed by atoms with Crippen LogP contribution in [-0.4, -0.2) is 0 Å². The summed E-state index contributed by atoms with van der Waals surface area (Å²) in [6.45, 7) is 0. The molecule has 0 spiro atoms. The number of fused-ring (bicyclic) bond motifs is 2. The molecule has 0 aliphatic heterocycles. The number of thiophene rings is 1. The average Bonchev–Trinajstić information content (AvgIpc) is 3.71. The Balaban J connectivity index is 1.11. The van der Waals surface area contributed by atoms with E-state index in [4.69, 9.17) is 0 Å². The molecule has 0 amide bonds. The van der Waals surface area contributed by atoms with Crippen molar-refractivity contribution >= 4 is 45.0 Å². The van der Waals surface area contributed by atoms with Crippen molar-refractivity contribution in [1.29, 1.82) is 0 Å². The van der Waals surface area contributed by atoms with Gasteiger partial charge in [-0.05, 0) is 101 Å². The standard InChI is InChI=1S/C50H34S/c1-3-13-35(14-4-1)25-26-36-15-11-18-40(33-36)37-27-29-39(30-28-37)49-43-21-7-9-23-45(43)50(46-24-10-8-22-44(46)49)42-20-12-19-41(34-42)48-32-31-47(51-48)38-16-5-2-6-17-38/h1-34H/b26-25+. The topological polar surface area (TPSA) is 0 Å². The lowest BCUT2D eigenvalue weighted by Crippen LogP contribution is -1.91. The fourth-order valence-corrected chi connectivity index (χ4v) is 8.24. The number of hydrogen-bond acceptors (Lipinski definition) is 1. The van der Waals surface area contributed by atoms with Crippen LogP contribution in [0.25, 0.3) is 88.0 Å². The van der Waals surface area contributed by atoms with Crippen molar-refractivity contribution in [3.8, 4) is 54.3 Å². The molecule has 9 rings (SSSR count). The van der Waals surface area contributed by atoms with Crippen molar-refractivity contribution in [2.45, 2.75) is 0 Å². The van der Waals surface area contributed by atoms with Gasteiger partial charge < -0.3 is 0 Å². The van der Waals surface area contributed by atoms with Gasteiger partial charge in [-0.3, -0.25) is 0 Å². The third-order valence-electron chi connectivity index (χ3n) is 9.69. The Kier molecular flexibility index (Phi) is 8.17. The van der Waals surface area contributed by atoms with E-state index in [2.05, 4.69) is 200 Å². The Hall–Kier alpha value is -6.28. The molecular weight excluding hydrogens is 633 g/mol. The van der Waals surface area contributed by atoms with E-state index in [9.17, 15) is 0 Å². The van der Waals surface area contributed by atoms with Crippen LogP contribution in [0.4, 0.5) is 0 Å². The van der Waals surface area contributed by atoms with Crippen LogP contribution < -0.4 is 0 Å². The second kappa shape index (κ2) is 13.6. The van der Waals surface area contributed by atoms with Gasteiger partial charge in [0.15, 0.2) is 0 Å². The first kappa shape index (κ1) is 30.8. The highest BCUT2D eigenvalue weighted by Crippen LogP contribution is 2.45. The molecule has 0 aliphatic carbocycles. The summed E-state index contributed by atoms with van der Waals surface area (Å²) < 4.78 is 0. The number of rotatable bonds is 7. The van der Waals surface area contributed by atoms with Crippen molar-refractivity contribution in [1.82, 2.24) is 0 Å². The zero-order valence-electron chi connectivity index (χ0n) is 28.0. The molecule has 51 heavy (non-hydrogen) atoms. The zero-order chi connectivity index (χ0) is 34.0. The van der Waals surface area contributed by atoms with Crippen LogP contribution >= 0.6 is 11.3 Å². The highest BCUT2D eigenvalue weighted by atomic mass is 32.1. The largest absolute Gasteiger partial charge is 0.135 e. The quantitative estimate of drug-likeness (QED) is 0.117. The lowest BCUT2D eigenvalue weighted by Gasteiger charge is -2.18. The molecule has 0 saturated heterocycles. The molecule has 8 aromatic carbocycles. The summed E-state index contributed by atoms with van der Waals surface area (Å²) in [7, 11) is 0. The fourth-order valence-electron chi connectivity index (χ4n) is 7.24. The maximum absolute atomic E-state index is 2.37. The highest BCUT2D eigenvalue weighted by Gasteiger charge is 2.17. The van der Waals surface area contributed by atoms with E-state index < -0.39 is 0 Å². The third kappa shape index (κ3) is 6.10. The van der Waals surface area contributed by atoms with E-state index >= 15 is 0 Å². The third-order valence-corrected chi connectivity index (χ3v) is 10.9. The summed E-state index contributed by atoms with van der Waals surface area (Å²) in [5.41, 5.74) is 12.3. The van der Waals surface area contributed by atoms with E-state index in [1.165, 1.54) is 86.9 Å². The minimum atomic E-state index is 1.19. The molecule has 1 aromatic heterocycles. The van der Waals surface area contributed by atoms with Gasteiger partial charge in [0.1, 0.15) is 0 Å². The van der Waals surface area contributed by atoms with E-state index in [0.717, 1.165) is 0 Å². The molecule has 0 atom stereocenters. The van der Waals surface area contributed by atoms with Gasteiger partial charge in [0.25, 0.3) is 0 Å². The molecule has 0 aliphatic rings. The summed E-state index contributed by atoms with van der Waals surface area (Å²) in [5.74, 6) is 0. The molecule has 0 nitrogen and oxygen atoms in total. The summed E-state index contributed by atoms with van der Waals surface area (Å²) in [6, 6.07) is 70.4. The molecular formula is C50H34S. The van der Waals surface area contributed by atoms with Crippen LogP contribution in [0, 0.1) is 0 Å². The maximum Gasteiger partial charge on any atom is 0.0349 e. The van der Waals surface area contributed by atoms with Crippen LogP contribution in [0.1, 0.15) is 11.1 Å². The first-order valence-electron chi connectivity index (χ1n) is 17.4. The van der Waals surface area contributed by atoms with Crippen molar-refractivity contribution in [2.24, 2.45) is 0 Å². The van der Waals surface area contributed by atoms with Gasteiger partial charge in [-0.2, -0.15) is 0 Å². The Morgan fingerprint density at radius 2 is 0.725 bits per heavy atom. The van der Waals surface area contributed by atoms with Crippen LogP contribution in [-0.2, 0) is 0 Å². The first-order valence-corrected chi connectivity index (χ1v) is 18.2. The molecule has 240 valence electrons. The van der Waals surface area contributed by atoms with Gasteiger partial charge in [-0.15, -0.1) is 11.3 Å². The maximum atomic E-state index is 2.37. The Labute approximate surface area is 303 Å². The van der Waals surface area contributed by atoms with Gasteiger partial charge in [0.05, 0.1) is 0 Å². The molecule has 1 heteroatoms. The molecule has 0 unspecified atom stereocenters. The van der Waals surface area contributed by atoms with Crippen LogP contribution in [0.3, 0.4) is 0 Å². The van der Waals surface area contributed by atoms with Crippen LogP contribution in [0.2, 0.25) is 0 Å². The summed E-state index contributed by atoms with van der Waals surface area (Å²) in [6.07, 6.45) is 4.35. The monoisotopic (exact) mass is 666 g/mol. The summed E-state index contributed by atoms with van der Waals surface area (Å²) in [4.78, 5) is 2.56. The van der Waals surface area contributed by atoms with Crippen molar-refractivity contribution in [2.75, 3.05) is 0 Å². The van der Waals surface area contributed by atoms with E-state index in [0.29, 0.717) is 0 Å². The number of benzene rings is 8. The Bertz CT molecular complexity index is 2600. The lowest BCUT2D eigenvalue weighted by atomic mass is 9.85. The van der Waals surface area contributed by atoms with Crippen molar-refractivity contribution in [3.63, 3.8) is 0 Å². The predicted molar refractivity (Wildman–Crippen MR) is 222 cm³/mol. The summed E-state index contributed by atoms with van der Waals surface area (Å²) in [5, 5.41) is 5.06. The van der Waals surface area contributed by atoms with E-state index in [-0.39, 0.29) is 0 Å². The second-order valence-corrected chi connectivity index (χ2v) is 14.0. The average molecular weight is 667 g/mol. The Morgan fingerprint density at radius 3 is 1.39 bits per heavy atom. The Morgan fingerprint density at radius 1 is 0.275 bits per heavy atom. The SMILES string of the molecule is C(=C\c1cccc(-c2ccc(-c3c4ccccc4c(-c4cccc(-c5ccc(-c6ccccc6)s5)c4)c4ccccc34)cc2)c1)/c1ccccc1. The van der Waals surface area contributed by atoms with E-state index in [1.54, 1.807) is 0 Å². The molecule has 0 saturated carbocycles. The highest BCUT2D eigenvalue weighted by molar-refractivity contribution is 7.18. The fraction of sp³-hybridized carbons (Fsp3) is 0. The second-order valence-electron chi connectivity index (χ2n) is 12.9. The van der Waals surface area contributed by atoms with Crippen LogP contribution in [0.5, 0.6) is 0 Å².